The Morgan fingerprint density at radius 1 is 0.606 bits per heavy atom. The molecule has 0 aromatic heterocycles. The SMILES string of the molecule is c1ccc2cc(-c3ccc(Nc4ccc(C56CC7CC8CC(C5)C87C6)cc4)cc3)ccc2c1. The highest BCUT2D eigenvalue weighted by atomic mass is 14.9. The predicted molar refractivity (Wildman–Crippen MR) is 137 cm³/mol. The molecule has 1 nitrogen and oxygen atoms in total. The van der Waals surface area contributed by atoms with E-state index in [-0.39, 0.29) is 0 Å². The molecule has 4 aromatic carbocycles. The molecule has 4 aliphatic carbocycles. The van der Waals surface area contributed by atoms with Crippen molar-refractivity contribution in [3.8, 4) is 11.1 Å². The van der Waals surface area contributed by atoms with Gasteiger partial charge in [-0.15, -0.1) is 0 Å². The lowest BCUT2D eigenvalue weighted by Crippen LogP contribution is -2.59. The third-order valence-electron chi connectivity index (χ3n) is 10.1. The first-order valence-corrected chi connectivity index (χ1v) is 12.7. The molecule has 0 amide bonds. The van der Waals surface area contributed by atoms with Crippen LogP contribution in [0.25, 0.3) is 21.9 Å². The number of rotatable bonds is 4. The molecule has 1 heteroatoms. The maximum Gasteiger partial charge on any atom is 0.0384 e. The summed E-state index contributed by atoms with van der Waals surface area (Å²) >= 11 is 0. The van der Waals surface area contributed by atoms with Crippen molar-refractivity contribution in [2.24, 2.45) is 23.2 Å². The van der Waals surface area contributed by atoms with Crippen molar-refractivity contribution in [1.29, 1.82) is 0 Å². The first-order chi connectivity index (χ1) is 16.2. The van der Waals surface area contributed by atoms with Crippen LogP contribution < -0.4 is 5.32 Å². The summed E-state index contributed by atoms with van der Waals surface area (Å²) in [5.74, 6) is 3.19. The molecular weight excluding hydrogens is 398 g/mol. The number of benzene rings is 4. The van der Waals surface area contributed by atoms with E-state index in [2.05, 4.69) is 96.3 Å². The van der Waals surface area contributed by atoms with Crippen molar-refractivity contribution >= 4 is 22.1 Å². The van der Waals surface area contributed by atoms with Gasteiger partial charge in [-0.2, -0.15) is 0 Å². The lowest BCUT2D eigenvalue weighted by molar-refractivity contribution is -0.175. The second-order valence-electron chi connectivity index (χ2n) is 11.4. The molecule has 8 rings (SSSR count). The second-order valence-corrected chi connectivity index (χ2v) is 11.4. The van der Waals surface area contributed by atoms with Crippen LogP contribution in [-0.4, -0.2) is 0 Å². The highest BCUT2D eigenvalue weighted by Crippen LogP contribution is 2.84. The van der Waals surface area contributed by atoms with Crippen molar-refractivity contribution < 1.29 is 0 Å². The van der Waals surface area contributed by atoms with E-state index in [1.54, 1.807) is 5.56 Å². The van der Waals surface area contributed by atoms with Gasteiger partial charge in [-0.3, -0.25) is 0 Å². The van der Waals surface area contributed by atoms with Crippen LogP contribution in [0.15, 0.2) is 91.0 Å². The molecular formula is C32H29N. The fourth-order valence-corrected chi connectivity index (χ4v) is 8.60. The minimum Gasteiger partial charge on any atom is -0.356 e. The van der Waals surface area contributed by atoms with Crippen LogP contribution in [0.3, 0.4) is 0 Å². The fraction of sp³-hybridized carbons (Fsp3) is 0.312. The molecule has 4 saturated carbocycles. The van der Waals surface area contributed by atoms with Crippen LogP contribution in [0.4, 0.5) is 11.4 Å². The molecule has 1 spiro atoms. The van der Waals surface area contributed by atoms with E-state index in [9.17, 15) is 0 Å². The van der Waals surface area contributed by atoms with Crippen LogP contribution in [0.1, 0.15) is 37.7 Å². The van der Waals surface area contributed by atoms with E-state index in [4.69, 9.17) is 0 Å². The highest BCUT2D eigenvalue weighted by molar-refractivity contribution is 5.87. The monoisotopic (exact) mass is 427 g/mol. The number of hydrogen-bond acceptors (Lipinski definition) is 1. The zero-order chi connectivity index (χ0) is 21.6. The maximum absolute atomic E-state index is 3.62. The molecule has 2 unspecified atom stereocenters. The van der Waals surface area contributed by atoms with Crippen LogP contribution in [0.5, 0.6) is 0 Å². The van der Waals surface area contributed by atoms with Gasteiger partial charge in [0, 0.05) is 11.4 Å². The van der Waals surface area contributed by atoms with Crippen LogP contribution in [0.2, 0.25) is 0 Å². The zero-order valence-corrected chi connectivity index (χ0v) is 18.9. The highest BCUT2D eigenvalue weighted by Gasteiger charge is 2.77. The van der Waals surface area contributed by atoms with Gasteiger partial charge in [0.15, 0.2) is 0 Å². The molecule has 4 aliphatic rings. The molecule has 33 heavy (non-hydrogen) atoms. The Hall–Kier alpha value is -3.06. The van der Waals surface area contributed by atoms with Crippen molar-refractivity contribution in [2.45, 2.75) is 37.5 Å². The first kappa shape index (κ1) is 18.4. The fourth-order valence-electron chi connectivity index (χ4n) is 8.60. The minimum atomic E-state index is 0.501. The number of anilines is 2. The predicted octanol–water partition coefficient (Wildman–Crippen LogP) is 8.33. The van der Waals surface area contributed by atoms with Gasteiger partial charge in [-0.25, -0.2) is 0 Å². The maximum atomic E-state index is 3.62. The lowest BCUT2D eigenvalue weighted by Gasteiger charge is -2.66. The molecule has 2 atom stereocenters. The van der Waals surface area contributed by atoms with Crippen molar-refractivity contribution in [2.75, 3.05) is 5.32 Å². The zero-order valence-electron chi connectivity index (χ0n) is 18.9. The standard InChI is InChI=1S/C32H29N/c1-2-4-23-15-24(6-5-21(23)3-1)22-7-11-29(12-8-22)33-30-13-9-25(10-14-30)31-18-27-16-26-17-28(19-31)32(26,27)20-31/h1-15,26-28,33H,16-20H2. The average molecular weight is 428 g/mol. The summed E-state index contributed by atoms with van der Waals surface area (Å²) in [4.78, 5) is 0. The van der Waals surface area contributed by atoms with Crippen molar-refractivity contribution in [3.05, 3.63) is 96.6 Å². The summed E-state index contributed by atoms with van der Waals surface area (Å²) in [6.07, 6.45) is 7.48. The summed E-state index contributed by atoms with van der Waals surface area (Å²) in [7, 11) is 0. The van der Waals surface area contributed by atoms with E-state index >= 15 is 0 Å². The second kappa shape index (κ2) is 6.29. The molecule has 162 valence electrons. The average Bonchev–Trinajstić information content (AvgIpc) is 3.33. The van der Waals surface area contributed by atoms with Crippen LogP contribution in [0, 0.1) is 23.2 Å². The van der Waals surface area contributed by atoms with Crippen LogP contribution >= 0.6 is 0 Å². The Balaban J connectivity index is 1.01. The summed E-state index contributed by atoms with van der Waals surface area (Å²) in [6.45, 7) is 0. The molecule has 2 bridgehead atoms. The van der Waals surface area contributed by atoms with Crippen molar-refractivity contribution in [1.82, 2.24) is 0 Å². The Morgan fingerprint density at radius 2 is 1.24 bits per heavy atom. The van der Waals surface area contributed by atoms with Crippen molar-refractivity contribution in [3.63, 3.8) is 0 Å². The molecule has 4 aromatic rings. The molecule has 0 radical (unpaired) electrons. The van der Waals surface area contributed by atoms with Gasteiger partial charge in [0.05, 0.1) is 0 Å². The summed E-state index contributed by atoms with van der Waals surface area (Å²) in [5.41, 5.74) is 7.75. The third-order valence-corrected chi connectivity index (χ3v) is 10.1. The molecule has 0 heterocycles. The smallest absolute Gasteiger partial charge is 0.0384 e. The quantitative estimate of drug-likeness (QED) is 0.345. The summed E-state index contributed by atoms with van der Waals surface area (Å²) in [6, 6.07) is 33.5. The normalized spacial score (nSPS) is 32.8. The summed E-state index contributed by atoms with van der Waals surface area (Å²) in [5, 5.41) is 6.20. The Morgan fingerprint density at radius 3 is 1.91 bits per heavy atom. The lowest BCUT2D eigenvalue weighted by atomic mass is 9.38. The van der Waals surface area contributed by atoms with Gasteiger partial charge in [0.2, 0.25) is 0 Å². The Labute approximate surface area is 195 Å². The molecule has 4 fully saturated rings. The summed E-state index contributed by atoms with van der Waals surface area (Å²) < 4.78 is 0. The van der Waals surface area contributed by atoms with E-state index < -0.39 is 0 Å². The third kappa shape index (κ3) is 2.43. The number of nitrogens with one attached hydrogen (secondary N) is 1. The van der Waals surface area contributed by atoms with Gasteiger partial charge < -0.3 is 5.32 Å². The van der Waals surface area contributed by atoms with E-state index in [0.29, 0.717) is 5.41 Å². The number of fused-ring (bicyclic) bond motifs is 2. The molecule has 0 aliphatic heterocycles. The van der Waals surface area contributed by atoms with E-state index in [0.717, 1.165) is 28.9 Å². The van der Waals surface area contributed by atoms with E-state index in [1.807, 2.05) is 0 Å². The van der Waals surface area contributed by atoms with Gasteiger partial charge in [-0.1, -0.05) is 60.7 Å². The largest absolute Gasteiger partial charge is 0.356 e. The van der Waals surface area contributed by atoms with Gasteiger partial charge in [0.25, 0.3) is 0 Å². The van der Waals surface area contributed by atoms with Gasteiger partial charge >= 0.3 is 0 Å². The van der Waals surface area contributed by atoms with Gasteiger partial charge in [-0.05, 0) is 118 Å². The topological polar surface area (TPSA) is 12.0 Å². The molecule has 1 N–H and O–H groups in total. The van der Waals surface area contributed by atoms with Gasteiger partial charge in [0.1, 0.15) is 0 Å². The minimum absolute atomic E-state index is 0.501. The Kier molecular flexibility index (Phi) is 3.50. The Bertz CT molecular complexity index is 1360. The first-order valence-electron chi connectivity index (χ1n) is 12.7. The molecule has 0 saturated heterocycles. The van der Waals surface area contributed by atoms with Crippen LogP contribution in [-0.2, 0) is 5.41 Å². The number of hydrogen-bond donors (Lipinski definition) is 1. The van der Waals surface area contributed by atoms with E-state index in [1.165, 1.54) is 59.7 Å².